The van der Waals surface area contributed by atoms with E-state index in [-0.39, 0.29) is 5.56 Å². The van der Waals surface area contributed by atoms with Crippen LogP contribution in [-0.4, -0.2) is 25.5 Å². The molecule has 7 heteroatoms. The van der Waals surface area contributed by atoms with Crippen molar-refractivity contribution in [3.8, 4) is 5.75 Å². The van der Waals surface area contributed by atoms with Crippen molar-refractivity contribution in [3.63, 3.8) is 0 Å². The van der Waals surface area contributed by atoms with Gasteiger partial charge in [-0.2, -0.15) is 0 Å². The van der Waals surface area contributed by atoms with Gasteiger partial charge in [-0.25, -0.2) is 8.78 Å². The van der Waals surface area contributed by atoms with Gasteiger partial charge in [0.25, 0.3) is 5.91 Å². The first-order chi connectivity index (χ1) is 13.0. The molecular formula is C20H22F2N2O3. The summed E-state index contributed by atoms with van der Waals surface area (Å²) in [7, 11) is 1.39. The van der Waals surface area contributed by atoms with Gasteiger partial charge in [0.15, 0.2) is 11.6 Å². The van der Waals surface area contributed by atoms with Crippen LogP contribution >= 0.6 is 0 Å². The molecule has 0 aliphatic rings. The molecule has 27 heavy (non-hydrogen) atoms. The molecule has 0 spiro atoms. The van der Waals surface area contributed by atoms with Gasteiger partial charge >= 0.3 is 0 Å². The maximum absolute atomic E-state index is 13.5. The number of likely N-dealkylation sites (N-methyl/N-ethyl adjacent to an activating group) is 1. The Morgan fingerprint density at radius 3 is 2.37 bits per heavy atom. The summed E-state index contributed by atoms with van der Waals surface area (Å²) in [5.74, 6) is -2.55. The SMILES string of the molecule is CCCCOc1ccc(C(=O)NC(C(=O)NC)c2ccc(F)c(F)c2)cc1. The molecule has 2 N–H and O–H groups in total. The molecule has 0 saturated heterocycles. The Morgan fingerprint density at radius 2 is 1.78 bits per heavy atom. The summed E-state index contributed by atoms with van der Waals surface area (Å²) in [6, 6.07) is 8.37. The molecule has 1 unspecified atom stereocenters. The molecular weight excluding hydrogens is 354 g/mol. The normalized spacial score (nSPS) is 11.6. The molecule has 0 heterocycles. The molecule has 1 atom stereocenters. The van der Waals surface area contributed by atoms with Gasteiger partial charge in [-0.05, 0) is 48.4 Å². The Hall–Kier alpha value is -2.96. The number of ether oxygens (including phenoxy) is 1. The summed E-state index contributed by atoms with van der Waals surface area (Å²) in [6.45, 7) is 2.66. The van der Waals surface area contributed by atoms with Crippen LogP contribution in [0.25, 0.3) is 0 Å². The molecule has 5 nitrogen and oxygen atoms in total. The Bertz CT molecular complexity index is 794. The minimum Gasteiger partial charge on any atom is -0.494 e. The fourth-order valence-corrected chi connectivity index (χ4v) is 2.39. The van der Waals surface area contributed by atoms with Crippen molar-refractivity contribution in [1.82, 2.24) is 10.6 Å². The van der Waals surface area contributed by atoms with Crippen molar-refractivity contribution in [2.75, 3.05) is 13.7 Å². The second-order valence-electron chi connectivity index (χ2n) is 5.92. The first kappa shape index (κ1) is 20.4. The Balaban J connectivity index is 2.13. The van der Waals surface area contributed by atoms with Gasteiger partial charge < -0.3 is 15.4 Å². The van der Waals surface area contributed by atoms with Crippen LogP contribution in [0.15, 0.2) is 42.5 Å². The van der Waals surface area contributed by atoms with Crippen LogP contribution in [0, 0.1) is 11.6 Å². The molecule has 2 amide bonds. The number of nitrogens with one attached hydrogen (secondary N) is 2. The van der Waals surface area contributed by atoms with E-state index < -0.39 is 29.5 Å². The van der Waals surface area contributed by atoms with E-state index in [1.807, 2.05) is 0 Å². The smallest absolute Gasteiger partial charge is 0.252 e. The molecule has 0 saturated carbocycles. The number of rotatable bonds is 8. The fraction of sp³-hybridized carbons (Fsp3) is 0.300. The highest BCUT2D eigenvalue weighted by atomic mass is 19.2. The Morgan fingerprint density at radius 1 is 1.07 bits per heavy atom. The van der Waals surface area contributed by atoms with E-state index in [1.54, 1.807) is 24.3 Å². The van der Waals surface area contributed by atoms with Crippen LogP contribution in [-0.2, 0) is 4.79 Å². The largest absolute Gasteiger partial charge is 0.494 e. The molecule has 0 aliphatic carbocycles. The van der Waals surface area contributed by atoms with Crippen molar-refractivity contribution in [2.24, 2.45) is 0 Å². The highest BCUT2D eigenvalue weighted by Gasteiger charge is 2.23. The average Bonchev–Trinajstić information content (AvgIpc) is 2.68. The zero-order chi connectivity index (χ0) is 19.8. The third-order valence-electron chi connectivity index (χ3n) is 3.94. The van der Waals surface area contributed by atoms with Crippen molar-refractivity contribution >= 4 is 11.8 Å². The first-order valence-corrected chi connectivity index (χ1v) is 8.66. The molecule has 0 aromatic heterocycles. The number of benzene rings is 2. The molecule has 2 aromatic carbocycles. The van der Waals surface area contributed by atoms with E-state index in [4.69, 9.17) is 4.74 Å². The van der Waals surface area contributed by atoms with Crippen molar-refractivity contribution in [1.29, 1.82) is 0 Å². The Kier molecular flexibility index (Phi) is 7.28. The second kappa shape index (κ2) is 9.66. The van der Waals surface area contributed by atoms with E-state index in [2.05, 4.69) is 17.6 Å². The van der Waals surface area contributed by atoms with Gasteiger partial charge in [-0.3, -0.25) is 9.59 Å². The predicted octanol–water partition coefficient (Wildman–Crippen LogP) is 3.36. The summed E-state index contributed by atoms with van der Waals surface area (Å²) in [4.78, 5) is 24.6. The highest BCUT2D eigenvalue weighted by Crippen LogP contribution is 2.18. The summed E-state index contributed by atoms with van der Waals surface area (Å²) >= 11 is 0. The first-order valence-electron chi connectivity index (χ1n) is 8.66. The Labute approximate surface area is 156 Å². The zero-order valence-electron chi connectivity index (χ0n) is 15.2. The second-order valence-corrected chi connectivity index (χ2v) is 5.92. The van der Waals surface area contributed by atoms with Gasteiger partial charge in [0.05, 0.1) is 6.61 Å². The summed E-state index contributed by atoms with van der Waals surface area (Å²) in [5, 5.41) is 4.94. The number of hydrogen-bond donors (Lipinski definition) is 2. The predicted molar refractivity (Wildman–Crippen MR) is 97.5 cm³/mol. The maximum Gasteiger partial charge on any atom is 0.252 e. The van der Waals surface area contributed by atoms with E-state index in [1.165, 1.54) is 13.1 Å². The molecule has 0 aliphatic heterocycles. The van der Waals surface area contributed by atoms with Crippen molar-refractivity contribution in [3.05, 3.63) is 65.2 Å². The highest BCUT2D eigenvalue weighted by molar-refractivity contribution is 5.97. The van der Waals surface area contributed by atoms with Gasteiger partial charge in [0.2, 0.25) is 5.91 Å². The van der Waals surface area contributed by atoms with Crippen LogP contribution in [0.1, 0.15) is 41.7 Å². The summed E-state index contributed by atoms with van der Waals surface area (Å²) in [5.41, 5.74) is 0.454. The minimum absolute atomic E-state index is 0.140. The van der Waals surface area contributed by atoms with Crippen LogP contribution < -0.4 is 15.4 Å². The van der Waals surface area contributed by atoms with Crippen LogP contribution in [0.3, 0.4) is 0 Å². The van der Waals surface area contributed by atoms with Crippen LogP contribution in [0.4, 0.5) is 8.78 Å². The van der Waals surface area contributed by atoms with Gasteiger partial charge in [0.1, 0.15) is 11.8 Å². The lowest BCUT2D eigenvalue weighted by atomic mass is 10.0. The van der Waals surface area contributed by atoms with Crippen molar-refractivity contribution < 1.29 is 23.1 Å². The van der Waals surface area contributed by atoms with E-state index in [0.717, 1.165) is 25.0 Å². The average molecular weight is 376 g/mol. The van der Waals surface area contributed by atoms with Crippen LogP contribution in [0.5, 0.6) is 5.75 Å². The molecule has 0 fully saturated rings. The number of unbranched alkanes of at least 4 members (excludes halogenated alkanes) is 1. The number of carbonyl (C=O) groups excluding carboxylic acids is 2. The summed E-state index contributed by atoms with van der Waals surface area (Å²) < 4.78 is 32.2. The molecule has 144 valence electrons. The quantitative estimate of drug-likeness (QED) is 0.694. The zero-order valence-corrected chi connectivity index (χ0v) is 15.2. The standard InChI is InChI=1S/C20H22F2N2O3/c1-3-4-11-27-15-8-5-13(6-9-15)19(25)24-18(20(26)23-2)14-7-10-16(21)17(22)12-14/h5-10,12,18H,3-4,11H2,1-2H3,(H,23,26)(H,24,25). The number of halogens is 2. The minimum atomic E-state index is -1.15. The molecule has 2 aromatic rings. The topological polar surface area (TPSA) is 67.4 Å². The van der Waals surface area contributed by atoms with Crippen LogP contribution in [0.2, 0.25) is 0 Å². The third-order valence-corrected chi connectivity index (χ3v) is 3.94. The molecule has 0 radical (unpaired) electrons. The van der Waals surface area contributed by atoms with E-state index in [0.29, 0.717) is 17.9 Å². The number of amides is 2. The maximum atomic E-state index is 13.5. The van der Waals surface area contributed by atoms with Gasteiger partial charge in [-0.1, -0.05) is 19.4 Å². The van der Waals surface area contributed by atoms with Gasteiger partial charge in [0, 0.05) is 12.6 Å². The van der Waals surface area contributed by atoms with E-state index >= 15 is 0 Å². The summed E-state index contributed by atoms with van der Waals surface area (Å²) in [6.07, 6.45) is 1.95. The third kappa shape index (κ3) is 5.51. The number of hydrogen-bond acceptors (Lipinski definition) is 3. The molecule has 2 rings (SSSR count). The van der Waals surface area contributed by atoms with Gasteiger partial charge in [-0.15, -0.1) is 0 Å². The number of carbonyl (C=O) groups is 2. The lowest BCUT2D eigenvalue weighted by Gasteiger charge is -2.18. The monoisotopic (exact) mass is 376 g/mol. The lowest BCUT2D eigenvalue weighted by molar-refractivity contribution is -0.122. The van der Waals surface area contributed by atoms with Crippen molar-refractivity contribution in [2.45, 2.75) is 25.8 Å². The van der Waals surface area contributed by atoms with E-state index in [9.17, 15) is 18.4 Å². The molecule has 0 bridgehead atoms. The lowest BCUT2D eigenvalue weighted by Crippen LogP contribution is -2.39. The fourth-order valence-electron chi connectivity index (χ4n) is 2.39.